The van der Waals surface area contributed by atoms with E-state index in [1.807, 2.05) is 18.5 Å². The molecule has 0 radical (unpaired) electrons. The highest BCUT2D eigenvalue weighted by molar-refractivity contribution is 8.14. The Labute approximate surface area is 111 Å². The fourth-order valence-electron chi connectivity index (χ4n) is 1.99. The van der Waals surface area contributed by atoms with Gasteiger partial charge in [0.2, 0.25) is 0 Å². The summed E-state index contributed by atoms with van der Waals surface area (Å²) in [7, 11) is 0. The van der Waals surface area contributed by atoms with Crippen LogP contribution in [0.25, 0.3) is 10.8 Å². The molecule has 2 heterocycles. The zero-order valence-corrected chi connectivity index (χ0v) is 11.3. The molecule has 92 valence electrons. The first kappa shape index (κ1) is 11.5. The molecule has 1 aliphatic rings. The van der Waals surface area contributed by atoms with Gasteiger partial charge in [0.1, 0.15) is 0 Å². The first-order valence-corrected chi connectivity index (χ1v) is 6.95. The molecule has 18 heavy (non-hydrogen) atoms. The summed E-state index contributed by atoms with van der Waals surface area (Å²) in [6, 6.07) is 8.23. The molecule has 3 rings (SSSR count). The SMILES string of the molecule is CC1(C)CSC(Nc2cccc3ccncc23)=N1. The van der Waals surface area contributed by atoms with E-state index in [-0.39, 0.29) is 5.54 Å². The lowest BCUT2D eigenvalue weighted by atomic mass is 10.1. The molecule has 0 aliphatic carbocycles. The van der Waals surface area contributed by atoms with Crippen LogP contribution in [0.3, 0.4) is 0 Å². The van der Waals surface area contributed by atoms with Gasteiger partial charge in [0.25, 0.3) is 0 Å². The molecule has 1 aliphatic heterocycles. The van der Waals surface area contributed by atoms with E-state index >= 15 is 0 Å². The number of fused-ring (bicyclic) bond motifs is 1. The molecule has 0 saturated carbocycles. The number of hydrogen-bond donors (Lipinski definition) is 1. The predicted octanol–water partition coefficient (Wildman–Crippen LogP) is 3.53. The van der Waals surface area contributed by atoms with E-state index in [0.29, 0.717) is 0 Å². The summed E-state index contributed by atoms with van der Waals surface area (Å²) < 4.78 is 0. The van der Waals surface area contributed by atoms with Crippen LogP contribution >= 0.6 is 11.8 Å². The van der Waals surface area contributed by atoms with E-state index in [0.717, 1.165) is 22.0 Å². The molecule has 3 nitrogen and oxygen atoms in total. The van der Waals surface area contributed by atoms with Crippen LogP contribution in [0, 0.1) is 0 Å². The molecule has 4 heteroatoms. The third-order valence-corrected chi connectivity index (χ3v) is 4.21. The minimum atomic E-state index is 0.0375. The topological polar surface area (TPSA) is 37.3 Å². The lowest BCUT2D eigenvalue weighted by Crippen LogP contribution is -2.15. The number of hydrogen-bond acceptors (Lipinski definition) is 4. The molecular formula is C14H15N3S. The Bertz CT molecular complexity index is 614. The van der Waals surface area contributed by atoms with Crippen molar-refractivity contribution in [3.8, 4) is 0 Å². The summed E-state index contributed by atoms with van der Waals surface area (Å²) >= 11 is 1.77. The Hall–Kier alpha value is -1.55. The van der Waals surface area contributed by atoms with Crippen LogP contribution in [0.2, 0.25) is 0 Å². The van der Waals surface area contributed by atoms with Gasteiger partial charge in [0.15, 0.2) is 5.17 Å². The second kappa shape index (κ2) is 4.28. The summed E-state index contributed by atoms with van der Waals surface area (Å²) in [5, 5.41) is 6.73. The molecule has 1 aromatic carbocycles. The van der Waals surface area contributed by atoms with Gasteiger partial charge in [0, 0.05) is 29.2 Å². The van der Waals surface area contributed by atoms with Crippen molar-refractivity contribution in [1.29, 1.82) is 0 Å². The minimum Gasteiger partial charge on any atom is -0.334 e. The fraction of sp³-hybridized carbons (Fsp3) is 0.286. The Morgan fingerprint density at radius 2 is 2.17 bits per heavy atom. The molecule has 2 aromatic rings. The molecule has 0 saturated heterocycles. The molecule has 0 unspecified atom stereocenters. The van der Waals surface area contributed by atoms with E-state index in [1.54, 1.807) is 11.8 Å². The molecule has 0 bridgehead atoms. The Kier molecular flexibility index (Phi) is 2.74. The number of aromatic nitrogens is 1. The highest BCUT2D eigenvalue weighted by atomic mass is 32.2. The number of pyridine rings is 1. The highest BCUT2D eigenvalue weighted by Crippen LogP contribution is 2.29. The van der Waals surface area contributed by atoms with E-state index in [9.17, 15) is 0 Å². The maximum absolute atomic E-state index is 4.67. The van der Waals surface area contributed by atoms with Crippen molar-refractivity contribution in [3.05, 3.63) is 36.7 Å². The fourth-order valence-corrected chi connectivity index (χ4v) is 3.03. The van der Waals surface area contributed by atoms with Crippen LogP contribution in [0.15, 0.2) is 41.7 Å². The number of nitrogens with one attached hydrogen (secondary N) is 1. The van der Waals surface area contributed by atoms with E-state index in [4.69, 9.17) is 0 Å². The summed E-state index contributed by atoms with van der Waals surface area (Å²) in [5.41, 5.74) is 1.11. The second-order valence-electron chi connectivity index (χ2n) is 5.05. The van der Waals surface area contributed by atoms with Crippen molar-refractivity contribution in [1.82, 2.24) is 4.98 Å². The number of aliphatic imine (C=N–C) groups is 1. The quantitative estimate of drug-likeness (QED) is 0.849. The van der Waals surface area contributed by atoms with Crippen LogP contribution in [0.1, 0.15) is 13.8 Å². The number of thioether (sulfide) groups is 1. The third-order valence-electron chi connectivity index (χ3n) is 2.89. The van der Waals surface area contributed by atoms with Gasteiger partial charge < -0.3 is 5.32 Å². The Morgan fingerprint density at radius 1 is 1.28 bits per heavy atom. The number of benzene rings is 1. The second-order valence-corrected chi connectivity index (χ2v) is 6.01. The van der Waals surface area contributed by atoms with E-state index in [1.165, 1.54) is 5.39 Å². The van der Waals surface area contributed by atoms with Gasteiger partial charge in [-0.25, -0.2) is 0 Å². The average molecular weight is 257 g/mol. The summed E-state index contributed by atoms with van der Waals surface area (Å²) in [6.45, 7) is 4.30. The normalized spacial score (nSPS) is 17.8. The summed E-state index contributed by atoms with van der Waals surface area (Å²) in [4.78, 5) is 8.86. The summed E-state index contributed by atoms with van der Waals surface area (Å²) in [6.07, 6.45) is 3.71. The van der Waals surface area contributed by atoms with Gasteiger partial charge in [0.05, 0.1) is 5.54 Å². The lowest BCUT2D eigenvalue weighted by Gasteiger charge is -2.10. The third kappa shape index (κ3) is 2.20. The predicted molar refractivity (Wildman–Crippen MR) is 79.3 cm³/mol. The van der Waals surface area contributed by atoms with Crippen LogP contribution in [-0.2, 0) is 0 Å². The van der Waals surface area contributed by atoms with Crippen molar-refractivity contribution in [2.24, 2.45) is 4.99 Å². The highest BCUT2D eigenvalue weighted by Gasteiger charge is 2.25. The van der Waals surface area contributed by atoms with Crippen molar-refractivity contribution in [3.63, 3.8) is 0 Å². The van der Waals surface area contributed by atoms with Crippen LogP contribution in [-0.4, -0.2) is 21.4 Å². The zero-order chi connectivity index (χ0) is 12.6. The van der Waals surface area contributed by atoms with Gasteiger partial charge >= 0.3 is 0 Å². The summed E-state index contributed by atoms with van der Waals surface area (Å²) in [5.74, 6) is 1.03. The standard InChI is InChI=1S/C14H15N3S/c1-14(2)9-18-13(17-14)16-12-5-3-4-10-6-7-15-8-11(10)12/h3-8H,9H2,1-2H3,(H,16,17). The van der Waals surface area contributed by atoms with E-state index in [2.05, 4.69) is 47.3 Å². The Balaban J connectivity index is 1.96. The van der Waals surface area contributed by atoms with Crippen molar-refractivity contribution < 1.29 is 0 Å². The molecular weight excluding hydrogens is 242 g/mol. The number of anilines is 1. The molecule has 0 amide bonds. The van der Waals surface area contributed by atoms with Gasteiger partial charge in [-0.3, -0.25) is 9.98 Å². The number of amidine groups is 1. The molecule has 0 spiro atoms. The number of nitrogens with zero attached hydrogens (tertiary/aromatic N) is 2. The van der Waals surface area contributed by atoms with Crippen LogP contribution in [0.5, 0.6) is 0 Å². The smallest absolute Gasteiger partial charge is 0.161 e. The monoisotopic (exact) mass is 257 g/mol. The van der Waals surface area contributed by atoms with Crippen molar-refractivity contribution in [2.45, 2.75) is 19.4 Å². The van der Waals surface area contributed by atoms with Gasteiger partial charge in [-0.05, 0) is 31.4 Å². The van der Waals surface area contributed by atoms with Crippen molar-refractivity contribution >= 4 is 33.4 Å². The zero-order valence-electron chi connectivity index (χ0n) is 10.5. The maximum Gasteiger partial charge on any atom is 0.161 e. The van der Waals surface area contributed by atoms with Crippen LogP contribution in [0.4, 0.5) is 5.69 Å². The van der Waals surface area contributed by atoms with Gasteiger partial charge in [-0.2, -0.15) is 0 Å². The molecule has 1 aromatic heterocycles. The maximum atomic E-state index is 4.67. The first-order valence-electron chi connectivity index (χ1n) is 5.96. The minimum absolute atomic E-state index is 0.0375. The largest absolute Gasteiger partial charge is 0.334 e. The number of rotatable bonds is 1. The lowest BCUT2D eigenvalue weighted by molar-refractivity contribution is 0.605. The first-order chi connectivity index (χ1) is 8.64. The van der Waals surface area contributed by atoms with Gasteiger partial charge in [-0.15, -0.1) is 0 Å². The molecule has 0 atom stereocenters. The molecule has 0 fully saturated rings. The van der Waals surface area contributed by atoms with E-state index < -0.39 is 0 Å². The van der Waals surface area contributed by atoms with Gasteiger partial charge in [-0.1, -0.05) is 23.9 Å². The van der Waals surface area contributed by atoms with Crippen molar-refractivity contribution in [2.75, 3.05) is 11.1 Å². The average Bonchev–Trinajstić information content (AvgIpc) is 2.69. The Morgan fingerprint density at radius 3 is 2.94 bits per heavy atom. The van der Waals surface area contributed by atoms with Crippen LogP contribution < -0.4 is 5.32 Å². The molecule has 1 N–H and O–H groups in total.